The molecule has 7 heteroatoms. The summed E-state index contributed by atoms with van der Waals surface area (Å²) >= 11 is 0. The number of urea groups is 1. The number of imide groups is 1. The number of hydrogen-bond acceptors (Lipinski definition) is 3. The van der Waals surface area contributed by atoms with Gasteiger partial charge in [0.1, 0.15) is 17.2 Å². The van der Waals surface area contributed by atoms with Crippen molar-refractivity contribution in [1.29, 1.82) is 5.26 Å². The minimum atomic E-state index is -1.62. The van der Waals surface area contributed by atoms with Gasteiger partial charge in [-0.3, -0.25) is 9.69 Å². The Labute approximate surface area is 142 Å². The molecule has 1 unspecified atom stereocenters. The molecule has 0 saturated carbocycles. The molecule has 126 valence electrons. The second-order valence-corrected chi connectivity index (χ2v) is 5.88. The number of carbonyl (C=O) groups excluding carboxylic acids is 2. The van der Waals surface area contributed by atoms with Crippen molar-refractivity contribution < 1.29 is 18.4 Å². The molecule has 0 aliphatic carbocycles. The van der Waals surface area contributed by atoms with Gasteiger partial charge in [0.25, 0.3) is 5.91 Å². The average molecular weight is 341 g/mol. The number of halogens is 2. The Morgan fingerprint density at radius 3 is 2.64 bits per heavy atom. The largest absolute Gasteiger partial charge is 0.325 e. The van der Waals surface area contributed by atoms with Crippen LogP contribution in [0.15, 0.2) is 42.5 Å². The zero-order valence-corrected chi connectivity index (χ0v) is 13.2. The van der Waals surface area contributed by atoms with Crippen LogP contribution in [-0.4, -0.2) is 16.8 Å². The van der Waals surface area contributed by atoms with Gasteiger partial charge in [-0.25, -0.2) is 13.6 Å². The van der Waals surface area contributed by atoms with E-state index in [4.69, 9.17) is 5.26 Å². The van der Waals surface area contributed by atoms with Crippen molar-refractivity contribution in [3.8, 4) is 6.07 Å². The Hall–Kier alpha value is -3.27. The van der Waals surface area contributed by atoms with Gasteiger partial charge in [0.15, 0.2) is 0 Å². The summed E-state index contributed by atoms with van der Waals surface area (Å²) in [5, 5.41) is 11.4. The van der Waals surface area contributed by atoms with E-state index in [-0.39, 0.29) is 12.1 Å². The summed E-state index contributed by atoms with van der Waals surface area (Å²) < 4.78 is 27.2. The van der Waals surface area contributed by atoms with Crippen molar-refractivity contribution in [2.75, 3.05) is 0 Å². The van der Waals surface area contributed by atoms with Crippen molar-refractivity contribution in [3.63, 3.8) is 0 Å². The molecule has 5 nitrogen and oxygen atoms in total. The van der Waals surface area contributed by atoms with E-state index in [0.717, 1.165) is 17.0 Å². The highest BCUT2D eigenvalue weighted by Gasteiger charge is 2.50. The fourth-order valence-corrected chi connectivity index (χ4v) is 2.84. The average Bonchev–Trinajstić information content (AvgIpc) is 2.79. The molecule has 1 saturated heterocycles. The Kier molecular flexibility index (Phi) is 3.97. The maximum Gasteiger partial charge on any atom is 0.325 e. The highest BCUT2D eigenvalue weighted by atomic mass is 19.1. The zero-order chi connectivity index (χ0) is 18.2. The molecule has 3 rings (SSSR count). The van der Waals surface area contributed by atoms with Crippen LogP contribution in [0.3, 0.4) is 0 Å². The molecule has 1 fully saturated rings. The summed E-state index contributed by atoms with van der Waals surface area (Å²) in [5.41, 5.74) is -0.745. The van der Waals surface area contributed by atoms with E-state index in [1.807, 2.05) is 6.07 Å². The first-order chi connectivity index (χ1) is 11.8. The number of amides is 3. The molecule has 1 atom stereocenters. The van der Waals surface area contributed by atoms with Gasteiger partial charge >= 0.3 is 6.03 Å². The fraction of sp³-hybridized carbons (Fsp3) is 0.167. The van der Waals surface area contributed by atoms with E-state index in [1.165, 1.54) is 6.92 Å². The highest BCUT2D eigenvalue weighted by Crippen LogP contribution is 2.31. The summed E-state index contributed by atoms with van der Waals surface area (Å²) in [4.78, 5) is 25.9. The topological polar surface area (TPSA) is 73.2 Å². The standard InChI is InChI=1S/C18H13F2N3O2/c1-18(14-6-5-13(19)8-15(14)20)16(24)23(17(25)22-18)10-12-4-2-3-11(7-12)9-21/h2-8H,10H2,1H3,(H,22,25). The van der Waals surface area contributed by atoms with Crippen LogP contribution in [-0.2, 0) is 16.9 Å². The van der Waals surface area contributed by atoms with Crippen LogP contribution in [0.2, 0.25) is 0 Å². The van der Waals surface area contributed by atoms with Crippen LogP contribution in [0.1, 0.15) is 23.6 Å². The number of nitrogens with zero attached hydrogens (tertiary/aromatic N) is 2. The Bertz CT molecular complexity index is 923. The maximum absolute atomic E-state index is 14.1. The smallest absolute Gasteiger partial charge is 0.319 e. The normalized spacial score (nSPS) is 19.7. The minimum Gasteiger partial charge on any atom is -0.319 e. The third kappa shape index (κ3) is 2.83. The third-order valence-corrected chi connectivity index (χ3v) is 4.14. The Balaban J connectivity index is 1.93. The van der Waals surface area contributed by atoms with Crippen LogP contribution in [0.5, 0.6) is 0 Å². The van der Waals surface area contributed by atoms with Gasteiger partial charge in [0.05, 0.1) is 18.2 Å². The molecule has 0 aromatic heterocycles. The lowest BCUT2D eigenvalue weighted by Crippen LogP contribution is -2.41. The van der Waals surface area contributed by atoms with Crippen molar-refractivity contribution in [2.24, 2.45) is 0 Å². The SMILES string of the molecule is CC1(c2ccc(F)cc2F)NC(=O)N(Cc2cccc(C#N)c2)C1=O. The van der Waals surface area contributed by atoms with Gasteiger partial charge in [0.2, 0.25) is 0 Å². The predicted octanol–water partition coefficient (Wildman–Crippen LogP) is 2.80. The predicted molar refractivity (Wildman–Crippen MR) is 83.9 cm³/mol. The fourth-order valence-electron chi connectivity index (χ4n) is 2.84. The van der Waals surface area contributed by atoms with Crippen LogP contribution in [0.25, 0.3) is 0 Å². The van der Waals surface area contributed by atoms with E-state index in [1.54, 1.807) is 24.3 Å². The lowest BCUT2D eigenvalue weighted by molar-refractivity contribution is -0.131. The molecule has 3 amide bonds. The molecule has 1 aliphatic rings. The molecule has 0 spiro atoms. The van der Waals surface area contributed by atoms with E-state index in [2.05, 4.69) is 5.32 Å². The maximum atomic E-state index is 14.1. The van der Waals surface area contributed by atoms with Gasteiger partial charge in [-0.2, -0.15) is 5.26 Å². The quantitative estimate of drug-likeness (QED) is 0.873. The first-order valence-electron chi connectivity index (χ1n) is 7.44. The van der Waals surface area contributed by atoms with Crippen molar-refractivity contribution >= 4 is 11.9 Å². The van der Waals surface area contributed by atoms with Crippen LogP contribution >= 0.6 is 0 Å². The minimum absolute atomic E-state index is 0.0570. The first kappa shape index (κ1) is 16.6. The van der Waals surface area contributed by atoms with Gasteiger partial charge in [-0.1, -0.05) is 18.2 Å². The summed E-state index contributed by atoms with van der Waals surface area (Å²) in [6.07, 6.45) is 0. The number of rotatable bonds is 3. The third-order valence-electron chi connectivity index (χ3n) is 4.14. The second-order valence-electron chi connectivity index (χ2n) is 5.88. The molecule has 2 aromatic carbocycles. The van der Waals surface area contributed by atoms with Crippen molar-refractivity contribution in [3.05, 3.63) is 70.8 Å². The lowest BCUT2D eigenvalue weighted by Gasteiger charge is -2.22. The van der Waals surface area contributed by atoms with E-state index in [9.17, 15) is 18.4 Å². The second kappa shape index (κ2) is 5.98. The Morgan fingerprint density at radius 1 is 1.20 bits per heavy atom. The highest BCUT2D eigenvalue weighted by molar-refractivity contribution is 6.07. The lowest BCUT2D eigenvalue weighted by atomic mass is 9.91. The number of benzene rings is 2. The van der Waals surface area contributed by atoms with Crippen LogP contribution < -0.4 is 5.32 Å². The van der Waals surface area contributed by atoms with Crippen LogP contribution in [0.4, 0.5) is 13.6 Å². The molecule has 0 bridgehead atoms. The molecule has 1 N–H and O–H groups in total. The molecule has 2 aromatic rings. The Morgan fingerprint density at radius 2 is 1.96 bits per heavy atom. The van der Waals surface area contributed by atoms with Crippen LogP contribution in [0, 0.1) is 23.0 Å². The van der Waals surface area contributed by atoms with E-state index >= 15 is 0 Å². The molecule has 25 heavy (non-hydrogen) atoms. The number of nitriles is 1. The number of hydrogen-bond donors (Lipinski definition) is 1. The first-order valence-corrected chi connectivity index (χ1v) is 7.44. The van der Waals surface area contributed by atoms with Gasteiger partial charge in [0, 0.05) is 11.6 Å². The van der Waals surface area contributed by atoms with Gasteiger partial charge in [-0.05, 0) is 30.7 Å². The number of carbonyl (C=O) groups is 2. The number of nitrogens with one attached hydrogen (secondary N) is 1. The summed E-state index contributed by atoms with van der Waals surface area (Å²) in [5.74, 6) is -2.33. The summed E-state index contributed by atoms with van der Waals surface area (Å²) in [6, 6.07) is 10.6. The van der Waals surface area contributed by atoms with Gasteiger partial charge < -0.3 is 5.32 Å². The van der Waals surface area contributed by atoms with E-state index < -0.39 is 29.1 Å². The molecular formula is C18H13F2N3O2. The van der Waals surface area contributed by atoms with Crippen molar-refractivity contribution in [1.82, 2.24) is 10.2 Å². The zero-order valence-electron chi connectivity index (χ0n) is 13.2. The molecule has 1 heterocycles. The van der Waals surface area contributed by atoms with Gasteiger partial charge in [-0.15, -0.1) is 0 Å². The summed E-state index contributed by atoms with van der Waals surface area (Å²) in [6.45, 7) is 1.31. The van der Waals surface area contributed by atoms with E-state index in [0.29, 0.717) is 17.2 Å². The molecule has 1 aliphatic heterocycles. The van der Waals surface area contributed by atoms with Crippen molar-refractivity contribution in [2.45, 2.75) is 19.0 Å². The summed E-state index contributed by atoms with van der Waals surface area (Å²) in [7, 11) is 0. The monoisotopic (exact) mass is 341 g/mol. The molecular weight excluding hydrogens is 328 g/mol. The molecule has 0 radical (unpaired) electrons.